The van der Waals surface area contributed by atoms with E-state index in [9.17, 15) is 4.79 Å². The standard InChI is InChI=1S/C10H19NO2.C2H6/c1-9(12)11-6-3-10(4-7-11)5-8-13-2;1-2/h10H,3-8H2,1-2H3;1-2H3. The van der Waals surface area contributed by atoms with Crippen molar-refractivity contribution in [3.63, 3.8) is 0 Å². The number of nitrogens with zero attached hydrogens (tertiary/aromatic N) is 1. The Morgan fingerprint density at radius 1 is 1.33 bits per heavy atom. The second-order valence-corrected chi connectivity index (χ2v) is 3.73. The van der Waals surface area contributed by atoms with Crippen LogP contribution in [0.3, 0.4) is 0 Å². The van der Waals surface area contributed by atoms with Crippen molar-refractivity contribution < 1.29 is 9.53 Å². The van der Waals surface area contributed by atoms with Crippen molar-refractivity contribution in [2.45, 2.75) is 40.0 Å². The van der Waals surface area contributed by atoms with Gasteiger partial charge < -0.3 is 9.64 Å². The van der Waals surface area contributed by atoms with Crippen LogP contribution in [0.15, 0.2) is 0 Å². The lowest BCUT2D eigenvalue weighted by Gasteiger charge is -2.31. The molecule has 3 heteroatoms. The Kier molecular flexibility index (Phi) is 8.38. The number of carbonyl (C=O) groups is 1. The summed E-state index contributed by atoms with van der Waals surface area (Å²) in [5, 5.41) is 0. The molecule has 1 fully saturated rings. The van der Waals surface area contributed by atoms with E-state index in [1.807, 2.05) is 18.7 Å². The molecule has 0 unspecified atom stereocenters. The largest absolute Gasteiger partial charge is 0.385 e. The molecule has 1 aliphatic rings. The molecule has 0 spiro atoms. The van der Waals surface area contributed by atoms with E-state index < -0.39 is 0 Å². The van der Waals surface area contributed by atoms with Crippen LogP contribution >= 0.6 is 0 Å². The van der Waals surface area contributed by atoms with Gasteiger partial charge in [0.2, 0.25) is 5.91 Å². The number of ether oxygens (including phenoxy) is 1. The zero-order valence-electron chi connectivity index (χ0n) is 10.6. The van der Waals surface area contributed by atoms with Crippen LogP contribution in [0.4, 0.5) is 0 Å². The third-order valence-corrected chi connectivity index (χ3v) is 2.79. The van der Waals surface area contributed by atoms with Crippen LogP contribution in [0.5, 0.6) is 0 Å². The predicted molar refractivity (Wildman–Crippen MR) is 62.8 cm³/mol. The van der Waals surface area contributed by atoms with Gasteiger partial charge in [-0.25, -0.2) is 0 Å². The molecular weight excluding hydrogens is 190 g/mol. The number of likely N-dealkylation sites (tertiary alicyclic amines) is 1. The fourth-order valence-corrected chi connectivity index (χ4v) is 1.82. The van der Waals surface area contributed by atoms with Crippen molar-refractivity contribution >= 4 is 5.91 Å². The Morgan fingerprint density at radius 3 is 2.27 bits per heavy atom. The summed E-state index contributed by atoms with van der Waals surface area (Å²) in [6, 6.07) is 0. The average Bonchev–Trinajstić information content (AvgIpc) is 2.29. The second kappa shape index (κ2) is 8.72. The Bertz CT molecular complexity index is 163. The highest BCUT2D eigenvalue weighted by molar-refractivity contribution is 5.73. The van der Waals surface area contributed by atoms with Crippen molar-refractivity contribution in [3.05, 3.63) is 0 Å². The first-order chi connectivity index (χ1) is 7.24. The van der Waals surface area contributed by atoms with Gasteiger partial charge in [0.1, 0.15) is 0 Å². The lowest BCUT2D eigenvalue weighted by molar-refractivity contribution is -0.130. The highest BCUT2D eigenvalue weighted by atomic mass is 16.5. The highest BCUT2D eigenvalue weighted by Gasteiger charge is 2.19. The molecule has 0 aromatic rings. The quantitative estimate of drug-likeness (QED) is 0.723. The minimum absolute atomic E-state index is 0.213. The second-order valence-electron chi connectivity index (χ2n) is 3.73. The number of rotatable bonds is 3. The Hall–Kier alpha value is -0.570. The summed E-state index contributed by atoms with van der Waals surface area (Å²) in [5.74, 6) is 0.973. The molecule has 0 radical (unpaired) electrons. The number of methoxy groups -OCH3 is 1. The number of hydrogen-bond acceptors (Lipinski definition) is 2. The van der Waals surface area contributed by atoms with Crippen molar-refractivity contribution in [2.75, 3.05) is 26.8 Å². The van der Waals surface area contributed by atoms with E-state index in [0.29, 0.717) is 0 Å². The molecule has 90 valence electrons. The van der Waals surface area contributed by atoms with Gasteiger partial charge in [-0.3, -0.25) is 4.79 Å². The third-order valence-electron chi connectivity index (χ3n) is 2.79. The maximum Gasteiger partial charge on any atom is 0.219 e. The van der Waals surface area contributed by atoms with Gasteiger partial charge in [-0.1, -0.05) is 13.8 Å². The topological polar surface area (TPSA) is 29.5 Å². The molecule has 1 heterocycles. The molecule has 15 heavy (non-hydrogen) atoms. The predicted octanol–water partition coefficient (Wildman–Crippen LogP) is 2.31. The zero-order valence-corrected chi connectivity index (χ0v) is 10.6. The average molecular weight is 215 g/mol. The molecule has 0 saturated carbocycles. The van der Waals surface area contributed by atoms with Crippen LogP contribution in [0.2, 0.25) is 0 Å². The van der Waals surface area contributed by atoms with Gasteiger partial charge in [0.25, 0.3) is 0 Å². The molecule has 0 bridgehead atoms. The van der Waals surface area contributed by atoms with E-state index in [-0.39, 0.29) is 5.91 Å². The highest BCUT2D eigenvalue weighted by Crippen LogP contribution is 2.20. The Labute approximate surface area is 93.8 Å². The van der Waals surface area contributed by atoms with Gasteiger partial charge in [-0.2, -0.15) is 0 Å². The minimum Gasteiger partial charge on any atom is -0.385 e. The van der Waals surface area contributed by atoms with Crippen LogP contribution in [-0.2, 0) is 9.53 Å². The van der Waals surface area contributed by atoms with Crippen LogP contribution in [0.25, 0.3) is 0 Å². The number of carbonyl (C=O) groups excluding carboxylic acids is 1. The number of amides is 1. The normalized spacial score (nSPS) is 16.9. The van der Waals surface area contributed by atoms with Crippen molar-refractivity contribution in [1.82, 2.24) is 4.90 Å². The summed E-state index contributed by atoms with van der Waals surface area (Å²) in [4.78, 5) is 13.0. The molecule has 3 nitrogen and oxygen atoms in total. The first-order valence-electron chi connectivity index (χ1n) is 5.98. The fraction of sp³-hybridized carbons (Fsp3) is 0.917. The molecule has 0 aromatic carbocycles. The van der Waals surface area contributed by atoms with Gasteiger partial charge in [0.15, 0.2) is 0 Å². The van der Waals surface area contributed by atoms with E-state index in [1.54, 1.807) is 14.0 Å². The molecule has 1 saturated heterocycles. The SMILES string of the molecule is CC.COCCC1CCN(C(C)=O)CC1. The van der Waals surface area contributed by atoms with E-state index in [1.165, 1.54) is 0 Å². The summed E-state index contributed by atoms with van der Waals surface area (Å²) < 4.78 is 5.04. The van der Waals surface area contributed by atoms with Gasteiger partial charge in [-0.15, -0.1) is 0 Å². The smallest absolute Gasteiger partial charge is 0.219 e. The van der Waals surface area contributed by atoms with E-state index >= 15 is 0 Å². The Balaban J connectivity index is 0.000000921. The third kappa shape index (κ3) is 5.78. The van der Waals surface area contributed by atoms with Crippen molar-refractivity contribution in [3.8, 4) is 0 Å². The first-order valence-corrected chi connectivity index (χ1v) is 5.98. The van der Waals surface area contributed by atoms with Crippen LogP contribution in [0, 0.1) is 5.92 Å². The zero-order chi connectivity index (χ0) is 11.7. The molecule has 1 aliphatic heterocycles. The summed E-state index contributed by atoms with van der Waals surface area (Å²) in [7, 11) is 1.74. The van der Waals surface area contributed by atoms with Gasteiger partial charge in [-0.05, 0) is 25.2 Å². The van der Waals surface area contributed by atoms with E-state index in [4.69, 9.17) is 4.74 Å². The maximum absolute atomic E-state index is 11.0. The monoisotopic (exact) mass is 215 g/mol. The number of hydrogen-bond donors (Lipinski definition) is 0. The molecule has 0 aliphatic carbocycles. The fourth-order valence-electron chi connectivity index (χ4n) is 1.82. The van der Waals surface area contributed by atoms with E-state index in [2.05, 4.69) is 0 Å². The van der Waals surface area contributed by atoms with E-state index in [0.717, 1.165) is 44.9 Å². The maximum atomic E-state index is 11.0. The van der Waals surface area contributed by atoms with Crippen LogP contribution in [0.1, 0.15) is 40.0 Å². The van der Waals surface area contributed by atoms with Gasteiger partial charge in [0.05, 0.1) is 0 Å². The molecular formula is C12H25NO2. The summed E-state index contributed by atoms with van der Waals surface area (Å²) >= 11 is 0. The first kappa shape index (κ1) is 14.4. The molecule has 0 N–H and O–H groups in total. The summed E-state index contributed by atoms with van der Waals surface area (Å²) in [6.45, 7) is 8.37. The lowest BCUT2D eigenvalue weighted by atomic mass is 9.94. The Morgan fingerprint density at radius 2 is 1.87 bits per heavy atom. The van der Waals surface area contributed by atoms with Gasteiger partial charge >= 0.3 is 0 Å². The van der Waals surface area contributed by atoms with Crippen molar-refractivity contribution in [1.29, 1.82) is 0 Å². The van der Waals surface area contributed by atoms with Crippen LogP contribution in [-0.4, -0.2) is 37.6 Å². The summed E-state index contributed by atoms with van der Waals surface area (Å²) in [6.07, 6.45) is 3.42. The molecule has 1 rings (SSSR count). The van der Waals surface area contributed by atoms with Crippen LogP contribution < -0.4 is 0 Å². The minimum atomic E-state index is 0.213. The molecule has 0 atom stereocenters. The lowest BCUT2D eigenvalue weighted by Crippen LogP contribution is -2.37. The van der Waals surface area contributed by atoms with Gasteiger partial charge in [0, 0.05) is 33.7 Å². The molecule has 1 amide bonds. The van der Waals surface area contributed by atoms with Crippen molar-refractivity contribution in [2.24, 2.45) is 5.92 Å². The molecule has 0 aromatic heterocycles. The number of piperidine rings is 1. The summed E-state index contributed by atoms with van der Waals surface area (Å²) in [5.41, 5.74) is 0.